The monoisotopic (exact) mass is 181 g/mol. The van der Waals surface area contributed by atoms with Gasteiger partial charge in [-0.1, -0.05) is 0 Å². The van der Waals surface area contributed by atoms with E-state index in [4.69, 9.17) is 11.2 Å². The number of rotatable bonds is 1. The van der Waals surface area contributed by atoms with E-state index < -0.39 is 23.5 Å². The van der Waals surface area contributed by atoms with Gasteiger partial charge in [0.15, 0.2) is 0 Å². The number of esters is 1. The normalized spacial score (nSPS) is 24.7. The van der Waals surface area contributed by atoms with Crippen molar-refractivity contribution in [2.24, 2.45) is 0 Å². The topological polar surface area (TPSA) is 55.4 Å². The molecule has 0 radical (unpaired) electrons. The van der Waals surface area contributed by atoms with E-state index in [9.17, 15) is 9.59 Å². The van der Waals surface area contributed by atoms with Crippen molar-refractivity contribution in [1.29, 1.82) is 0 Å². The molecule has 1 amide bonds. The Labute approximate surface area is 76.6 Å². The van der Waals surface area contributed by atoms with E-state index in [0.717, 1.165) is 0 Å². The van der Waals surface area contributed by atoms with Crippen LogP contribution in [0.4, 0.5) is 0 Å². The van der Waals surface area contributed by atoms with E-state index in [1.807, 2.05) is 5.92 Å². The van der Waals surface area contributed by atoms with Gasteiger partial charge in [0.1, 0.15) is 11.6 Å². The molecule has 0 aromatic carbocycles. The van der Waals surface area contributed by atoms with Gasteiger partial charge in [-0.3, -0.25) is 4.79 Å². The van der Waals surface area contributed by atoms with Crippen LogP contribution in [0.5, 0.6) is 0 Å². The van der Waals surface area contributed by atoms with Crippen LogP contribution in [0.25, 0.3) is 0 Å². The smallest absolute Gasteiger partial charge is 0.329 e. The van der Waals surface area contributed by atoms with Crippen molar-refractivity contribution >= 4 is 11.9 Å². The lowest BCUT2D eigenvalue weighted by Crippen LogP contribution is -2.37. The number of carbonyl (C=O) groups is 2. The minimum Gasteiger partial charge on any atom is -0.458 e. The maximum Gasteiger partial charge on any atom is 0.329 e. The maximum atomic E-state index is 11.1. The minimum absolute atomic E-state index is 0.423. The summed E-state index contributed by atoms with van der Waals surface area (Å²) in [7, 11) is 0. The number of terminal acetylenes is 1. The van der Waals surface area contributed by atoms with Crippen LogP contribution in [0.2, 0.25) is 0 Å². The average Bonchev–Trinajstić information content (AvgIpc) is 2.24. The fraction of sp³-hybridized carbons (Fsp3) is 0.556. The number of cyclic esters (lactones) is 1. The summed E-state index contributed by atoms with van der Waals surface area (Å²) < 4.78 is 4.98. The molecule has 0 aliphatic carbocycles. The second kappa shape index (κ2) is 3.09. The third kappa shape index (κ3) is 2.22. The molecule has 1 unspecified atom stereocenters. The van der Waals surface area contributed by atoms with Gasteiger partial charge in [0, 0.05) is 6.42 Å². The highest BCUT2D eigenvalue weighted by Gasteiger charge is 2.40. The van der Waals surface area contributed by atoms with E-state index in [2.05, 4.69) is 5.32 Å². The predicted octanol–water partition coefficient (Wildman–Crippen LogP) is -0.170. The van der Waals surface area contributed by atoms with Gasteiger partial charge in [0.2, 0.25) is 0 Å². The summed E-state index contributed by atoms with van der Waals surface area (Å²) in [6.07, 6.45) is 5.31. The lowest BCUT2D eigenvalue weighted by atomic mass is 10.0. The van der Waals surface area contributed by atoms with E-state index in [0.29, 0.717) is 6.42 Å². The molecule has 0 aromatic rings. The molecule has 4 heteroatoms. The van der Waals surface area contributed by atoms with Gasteiger partial charge >= 0.3 is 5.97 Å². The van der Waals surface area contributed by atoms with Crippen LogP contribution in [-0.4, -0.2) is 23.5 Å². The quantitative estimate of drug-likeness (QED) is 0.451. The van der Waals surface area contributed by atoms with E-state index in [-0.39, 0.29) is 0 Å². The van der Waals surface area contributed by atoms with Gasteiger partial charge in [0.25, 0.3) is 5.91 Å². The largest absolute Gasteiger partial charge is 0.458 e. The summed E-state index contributed by atoms with van der Waals surface area (Å²) in [5.41, 5.74) is -0.510. The Morgan fingerprint density at radius 1 is 1.77 bits per heavy atom. The molecule has 0 bridgehead atoms. The highest BCUT2D eigenvalue weighted by Crippen LogP contribution is 2.25. The van der Waals surface area contributed by atoms with E-state index >= 15 is 0 Å². The Morgan fingerprint density at radius 3 is 2.77 bits per heavy atom. The maximum absolute atomic E-state index is 11.1. The second-order valence-corrected chi connectivity index (χ2v) is 3.56. The first kappa shape index (κ1) is 9.59. The van der Waals surface area contributed by atoms with Gasteiger partial charge < -0.3 is 10.1 Å². The Balaban J connectivity index is 2.60. The zero-order chi connectivity index (χ0) is 10.1. The molecular weight excluding hydrogens is 170 g/mol. The number of hydrogen-bond donors (Lipinski definition) is 1. The summed E-state index contributed by atoms with van der Waals surface area (Å²) in [5.74, 6) is 0.876. The first-order chi connectivity index (χ1) is 5.94. The molecule has 1 aliphatic heterocycles. The van der Waals surface area contributed by atoms with Crippen molar-refractivity contribution in [3.05, 3.63) is 0 Å². The molecule has 1 atom stereocenters. The number of carbonyl (C=O) groups excluding carboxylic acids is 2. The Morgan fingerprint density at radius 2 is 2.38 bits per heavy atom. The average molecular weight is 181 g/mol. The minimum atomic E-state index is -0.599. The fourth-order valence-corrected chi connectivity index (χ4v) is 1.27. The van der Waals surface area contributed by atoms with E-state index in [1.54, 1.807) is 13.8 Å². The van der Waals surface area contributed by atoms with Crippen LogP contribution in [0.1, 0.15) is 20.3 Å². The predicted molar refractivity (Wildman–Crippen MR) is 45.6 cm³/mol. The molecule has 0 aromatic heterocycles. The molecule has 1 aliphatic rings. The number of nitrogens with one attached hydrogen (secondary N) is 1. The molecule has 1 rings (SSSR count). The van der Waals surface area contributed by atoms with Crippen molar-refractivity contribution in [1.82, 2.24) is 5.32 Å². The summed E-state index contributed by atoms with van der Waals surface area (Å²) >= 11 is 0. The first-order valence-corrected chi connectivity index (χ1v) is 3.94. The van der Waals surface area contributed by atoms with Crippen LogP contribution < -0.4 is 5.32 Å². The summed E-state index contributed by atoms with van der Waals surface area (Å²) in [6.45, 7) is 3.57. The molecule has 0 saturated carbocycles. The SMILES string of the molecule is C#CC(=O)NC1CC(C)(C)OC1=O. The van der Waals surface area contributed by atoms with Crippen LogP contribution in [-0.2, 0) is 14.3 Å². The molecule has 13 heavy (non-hydrogen) atoms. The summed E-state index contributed by atoms with van der Waals surface area (Å²) in [4.78, 5) is 21.9. The Hall–Kier alpha value is -1.50. The summed E-state index contributed by atoms with van der Waals surface area (Å²) in [5, 5.41) is 2.38. The lowest BCUT2D eigenvalue weighted by molar-refractivity contribution is -0.147. The van der Waals surface area contributed by atoms with Crippen LogP contribution >= 0.6 is 0 Å². The van der Waals surface area contributed by atoms with E-state index in [1.165, 1.54) is 0 Å². The second-order valence-electron chi connectivity index (χ2n) is 3.56. The van der Waals surface area contributed by atoms with Crippen molar-refractivity contribution in [2.45, 2.75) is 31.9 Å². The molecular formula is C9H11NO3. The Bertz CT molecular complexity index is 288. The van der Waals surface area contributed by atoms with Crippen LogP contribution in [0, 0.1) is 12.3 Å². The highest BCUT2D eigenvalue weighted by atomic mass is 16.6. The van der Waals surface area contributed by atoms with Crippen molar-refractivity contribution in [2.75, 3.05) is 0 Å². The van der Waals surface area contributed by atoms with Gasteiger partial charge in [-0.25, -0.2) is 4.79 Å². The number of amides is 1. The Kier molecular flexibility index (Phi) is 2.28. The van der Waals surface area contributed by atoms with Crippen LogP contribution in [0.15, 0.2) is 0 Å². The van der Waals surface area contributed by atoms with Crippen molar-refractivity contribution in [3.8, 4) is 12.3 Å². The van der Waals surface area contributed by atoms with Gasteiger partial charge in [-0.05, 0) is 19.8 Å². The number of hydrogen-bond acceptors (Lipinski definition) is 3. The van der Waals surface area contributed by atoms with Crippen molar-refractivity contribution < 1.29 is 14.3 Å². The first-order valence-electron chi connectivity index (χ1n) is 3.94. The lowest BCUT2D eigenvalue weighted by Gasteiger charge is -2.14. The fourth-order valence-electron chi connectivity index (χ4n) is 1.27. The van der Waals surface area contributed by atoms with Crippen molar-refractivity contribution in [3.63, 3.8) is 0 Å². The molecule has 70 valence electrons. The van der Waals surface area contributed by atoms with Gasteiger partial charge in [-0.15, -0.1) is 6.42 Å². The van der Waals surface area contributed by atoms with Crippen LogP contribution in [0.3, 0.4) is 0 Å². The molecule has 4 nitrogen and oxygen atoms in total. The third-order valence-corrected chi connectivity index (χ3v) is 1.79. The summed E-state index contributed by atoms with van der Waals surface area (Å²) in [6, 6.07) is -0.599. The zero-order valence-corrected chi connectivity index (χ0v) is 7.59. The molecule has 1 heterocycles. The number of ether oxygens (including phenoxy) is 1. The van der Waals surface area contributed by atoms with Gasteiger partial charge in [0.05, 0.1) is 0 Å². The third-order valence-electron chi connectivity index (χ3n) is 1.79. The molecule has 1 fully saturated rings. The molecule has 1 saturated heterocycles. The molecule has 1 N–H and O–H groups in total. The molecule has 0 spiro atoms. The highest BCUT2D eigenvalue weighted by molar-refractivity contribution is 5.96. The zero-order valence-electron chi connectivity index (χ0n) is 7.59. The standard InChI is InChI=1S/C9H11NO3/c1-4-7(11)10-6-5-9(2,3)13-8(6)12/h1,6H,5H2,2-3H3,(H,10,11). The van der Waals surface area contributed by atoms with Gasteiger partial charge in [-0.2, -0.15) is 0 Å².